The molecule has 2 aliphatic rings. The lowest BCUT2D eigenvalue weighted by molar-refractivity contribution is -0.192. The first-order chi connectivity index (χ1) is 21.9. The summed E-state index contributed by atoms with van der Waals surface area (Å²) in [6, 6.07) is 15.4. The third-order valence-electron chi connectivity index (χ3n) is 7.33. The van der Waals surface area contributed by atoms with Crippen LogP contribution >= 0.6 is 0 Å². The Morgan fingerprint density at radius 2 is 1.74 bits per heavy atom. The number of halogens is 3. The summed E-state index contributed by atoms with van der Waals surface area (Å²) in [4.78, 5) is 55.0. The molecule has 2 saturated heterocycles. The van der Waals surface area contributed by atoms with Gasteiger partial charge < -0.3 is 29.7 Å². The fourth-order valence-corrected chi connectivity index (χ4v) is 5.07. The van der Waals surface area contributed by atoms with Gasteiger partial charge in [0.1, 0.15) is 18.4 Å². The van der Waals surface area contributed by atoms with Crippen molar-refractivity contribution < 1.29 is 52.1 Å². The number of hydrogen-bond donors (Lipinski definition) is 4. The third-order valence-corrected chi connectivity index (χ3v) is 7.33. The second kappa shape index (κ2) is 14.9. The van der Waals surface area contributed by atoms with Crippen LogP contribution in [-0.2, 0) is 25.7 Å². The molecule has 2 atom stereocenters. The highest BCUT2D eigenvalue weighted by atomic mass is 19.4. The molecule has 1 aromatic heterocycles. The molecule has 0 aliphatic carbocycles. The highest BCUT2D eigenvalue weighted by Crippen LogP contribution is 2.30. The predicted molar refractivity (Wildman–Crippen MR) is 156 cm³/mol. The minimum atomic E-state index is -5.08. The van der Waals surface area contributed by atoms with Crippen LogP contribution in [0.5, 0.6) is 5.75 Å². The van der Waals surface area contributed by atoms with E-state index in [1.807, 2.05) is 37.3 Å². The fraction of sp³-hybridized carbons (Fsp3) is 0.367. The van der Waals surface area contributed by atoms with Gasteiger partial charge in [-0.05, 0) is 49.7 Å². The standard InChI is InChI=1S/C28H31N5O6.C2HF3O2/c1-18-16-19(22-4-2-3-5-24(22)29-18)17-39-21-8-6-20(7-9-21)33-11-10-23(27(33)35)25(26(34)31-37)30-28(36)32-12-14-38-15-13-32;3-2(4,5)1(6)7/h2-9,16,23,25,37H,10-15,17H2,1H3,(H,30,36)(H,31,34);(H,6,7)/t23-,25+;/m1./s1. The number of carboxylic acids is 1. The topological polar surface area (TPSA) is 171 Å². The molecule has 0 radical (unpaired) electrons. The van der Waals surface area contributed by atoms with Crippen molar-refractivity contribution in [3.8, 4) is 5.75 Å². The number of carbonyl (C=O) groups excluding carboxylic acids is 3. The number of fused-ring (bicyclic) bond motifs is 1. The fourth-order valence-electron chi connectivity index (χ4n) is 5.07. The molecule has 5 rings (SSSR count). The molecule has 3 aromatic rings. The molecule has 3 heterocycles. The Bertz CT molecular complexity index is 1560. The highest BCUT2D eigenvalue weighted by Gasteiger charge is 2.42. The molecule has 4 N–H and O–H groups in total. The summed E-state index contributed by atoms with van der Waals surface area (Å²) in [5, 5.41) is 20.1. The first-order valence-corrected chi connectivity index (χ1v) is 14.2. The lowest BCUT2D eigenvalue weighted by Gasteiger charge is -2.30. The first-order valence-electron chi connectivity index (χ1n) is 14.2. The number of alkyl halides is 3. The number of hydroxylamine groups is 1. The SMILES string of the molecule is Cc1cc(COc2ccc(N3CC[C@H]([C@H](NC(=O)N4CCOCC4)C(=O)NO)C3=O)cc2)c2ccccc2n1.O=C(O)C(F)(F)F. The zero-order chi connectivity index (χ0) is 33.4. The summed E-state index contributed by atoms with van der Waals surface area (Å²) in [6.45, 7) is 4.26. The van der Waals surface area contributed by atoms with Crippen molar-refractivity contribution in [3.63, 3.8) is 0 Å². The molecule has 0 saturated carbocycles. The minimum absolute atomic E-state index is 0.307. The van der Waals surface area contributed by atoms with Gasteiger partial charge in [-0.3, -0.25) is 19.8 Å². The van der Waals surface area contributed by atoms with Crippen LogP contribution in [0.1, 0.15) is 17.7 Å². The summed E-state index contributed by atoms with van der Waals surface area (Å²) in [5.74, 6) is -4.07. The number of aliphatic carboxylic acids is 1. The lowest BCUT2D eigenvalue weighted by atomic mass is 9.97. The number of rotatable bonds is 7. The van der Waals surface area contributed by atoms with Crippen molar-refractivity contribution in [3.05, 3.63) is 65.9 Å². The number of amides is 4. The average molecular weight is 648 g/mol. The van der Waals surface area contributed by atoms with Crippen LogP contribution in [0.15, 0.2) is 54.6 Å². The Labute approximate surface area is 260 Å². The van der Waals surface area contributed by atoms with Crippen LogP contribution in [0.4, 0.5) is 23.7 Å². The normalized spacial score (nSPS) is 17.2. The van der Waals surface area contributed by atoms with Crippen LogP contribution in [0.3, 0.4) is 0 Å². The smallest absolute Gasteiger partial charge is 0.489 e. The van der Waals surface area contributed by atoms with E-state index >= 15 is 0 Å². The molecule has 2 aromatic carbocycles. The number of aryl methyl sites for hydroxylation is 1. The van der Waals surface area contributed by atoms with Gasteiger partial charge in [-0.15, -0.1) is 0 Å². The van der Waals surface area contributed by atoms with E-state index in [0.717, 1.165) is 22.2 Å². The Kier molecular flexibility index (Phi) is 11.0. The molecular weight excluding hydrogens is 615 g/mol. The molecule has 0 unspecified atom stereocenters. The lowest BCUT2D eigenvalue weighted by Crippen LogP contribution is -2.56. The maximum atomic E-state index is 13.3. The van der Waals surface area contributed by atoms with Crippen molar-refractivity contribution in [1.29, 1.82) is 0 Å². The summed E-state index contributed by atoms with van der Waals surface area (Å²) in [7, 11) is 0. The van der Waals surface area contributed by atoms with E-state index in [9.17, 15) is 32.8 Å². The van der Waals surface area contributed by atoms with E-state index in [1.54, 1.807) is 34.6 Å². The highest BCUT2D eigenvalue weighted by molar-refractivity contribution is 6.01. The summed E-state index contributed by atoms with van der Waals surface area (Å²) in [6.07, 6.45) is -4.74. The number of nitrogens with one attached hydrogen (secondary N) is 2. The second-order valence-corrected chi connectivity index (χ2v) is 10.4. The van der Waals surface area contributed by atoms with E-state index in [2.05, 4.69) is 10.3 Å². The first kappa shape index (κ1) is 33.9. The minimum Gasteiger partial charge on any atom is -0.489 e. The van der Waals surface area contributed by atoms with Gasteiger partial charge in [-0.1, -0.05) is 18.2 Å². The van der Waals surface area contributed by atoms with Crippen LogP contribution < -0.4 is 20.4 Å². The summed E-state index contributed by atoms with van der Waals surface area (Å²) >= 11 is 0. The Balaban J connectivity index is 0.000000617. The molecule has 2 aliphatic heterocycles. The van der Waals surface area contributed by atoms with E-state index in [4.69, 9.17) is 19.4 Å². The molecule has 4 amide bonds. The average Bonchev–Trinajstić information content (AvgIpc) is 3.42. The molecule has 46 heavy (non-hydrogen) atoms. The molecule has 0 spiro atoms. The van der Waals surface area contributed by atoms with E-state index in [-0.39, 0.29) is 5.91 Å². The van der Waals surface area contributed by atoms with Gasteiger partial charge in [0.2, 0.25) is 5.91 Å². The number of nitrogens with zero attached hydrogens (tertiary/aromatic N) is 3. The van der Waals surface area contributed by atoms with Crippen LogP contribution in [0, 0.1) is 12.8 Å². The van der Waals surface area contributed by atoms with Crippen molar-refractivity contribution in [1.82, 2.24) is 20.7 Å². The number of morpholine rings is 1. The number of para-hydroxylation sites is 1. The van der Waals surface area contributed by atoms with Crippen LogP contribution in [0.2, 0.25) is 0 Å². The second-order valence-electron chi connectivity index (χ2n) is 10.4. The van der Waals surface area contributed by atoms with Gasteiger partial charge in [0.25, 0.3) is 5.91 Å². The Morgan fingerprint density at radius 1 is 1.09 bits per heavy atom. The van der Waals surface area contributed by atoms with Gasteiger partial charge in [-0.25, -0.2) is 15.1 Å². The van der Waals surface area contributed by atoms with Gasteiger partial charge in [-0.2, -0.15) is 13.2 Å². The zero-order valence-electron chi connectivity index (χ0n) is 24.6. The number of anilines is 1. The number of carboxylic acid groups (broad SMARTS) is 1. The number of carbonyl (C=O) groups is 4. The van der Waals surface area contributed by atoms with Gasteiger partial charge in [0.15, 0.2) is 0 Å². The molecular formula is C30H32F3N5O8. The number of urea groups is 1. The maximum absolute atomic E-state index is 13.3. The summed E-state index contributed by atoms with van der Waals surface area (Å²) < 4.78 is 43.0. The van der Waals surface area contributed by atoms with E-state index < -0.39 is 36.0 Å². The van der Waals surface area contributed by atoms with Crippen molar-refractivity contribution in [2.75, 3.05) is 37.7 Å². The van der Waals surface area contributed by atoms with E-state index in [0.29, 0.717) is 57.3 Å². The van der Waals surface area contributed by atoms with Crippen molar-refractivity contribution in [2.24, 2.45) is 5.92 Å². The maximum Gasteiger partial charge on any atom is 0.490 e. The molecule has 16 heteroatoms. The van der Waals surface area contributed by atoms with Crippen LogP contribution in [0.25, 0.3) is 10.9 Å². The van der Waals surface area contributed by atoms with Crippen molar-refractivity contribution in [2.45, 2.75) is 32.2 Å². The monoisotopic (exact) mass is 647 g/mol. The predicted octanol–water partition coefficient (Wildman–Crippen LogP) is 3.02. The van der Waals surface area contributed by atoms with Gasteiger partial charge >= 0.3 is 18.2 Å². The quantitative estimate of drug-likeness (QED) is 0.222. The largest absolute Gasteiger partial charge is 0.490 e. The van der Waals surface area contributed by atoms with Gasteiger partial charge in [0, 0.05) is 42.0 Å². The number of ether oxygens (including phenoxy) is 2. The zero-order valence-corrected chi connectivity index (χ0v) is 24.6. The molecule has 13 nitrogen and oxygen atoms in total. The van der Waals surface area contributed by atoms with Crippen molar-refractivity contribution >= 4 is 40.4 Å². The van der Waals surface area contributed by atoms with Gasteiger partial charge in [0.05, 0.1) is 24.6 Å². The molecule has 0 bridgehead atoms. The number of pyridine rings is 1. The molecule has 2 fully saturated rings. The summed E-state index contributed by atoms with van der Waals surface area (Å²) in [5.41, 5.74) is 5.11. The molecule has 246 valence electrons. The number of hydrogen-bond acceptors (Lipinski definition) is 8. The number of aromatic nitrogens is 1. The van der Waals surface area contributed by atoms with E-state index in [1.165, 1.54) is 4.90 Å². The Morgan fingerprint density at radius 3 is 2.37 bits per heavy atom. The Hall–Kier alpha value is -4.96. The third kappa shape index (κ3) is 8.39. The van der Waals surface area contributed by atoms with Crippen LogP contribution in [-0.4, -0.2) is 89.1 Å². The number of benzene rings is 2.